The first-order chi connectivity index (χ1) is 9.69. The second-order valence-electron chi connectivity index (χ2n) is 6.45. The normalized spacial score (nSPS) is 23.7. The summed E-state index contributed by atoms with van der Waals surface area (Å²) in [5, 5.41) is 11.5. The lowest BCUT2D eigenvalue weighted by molar-refractivity contribution is -0.188. The molecule has 0 spiro atoms. The Balaban J connectivity index is 2.10. The van der Waals surface area contributed by atoms with E-state index >= 15 is 0 Å². The molecule has 21 heavy (non-hydrogen) atoms. The average molecular weight is 307 g/mol. The van der Waals surface area contributed by atoms with Crippen LogP contribution in [0.3, 0.4) is 0 Å². The van der Waals surface area contributed by atoms with Gasteiger partial charge in [0.25, 0.3) is 0 Å². The SMILES string of the molecule is CC(C)(C1=C(C(=O)O)N2C(=O)C(C)(C)C2O1)c1cccs1. The zero-order valence-electron chi connectivity index (χ0n) is 12.3. The van der Waals surface area contributed by atoms with Crippen LogP contribution in [0.4, 0.5) is 0 Å². The molecule has 112 valence electrons. The minimum Gasteiger partial charge on any atom is -0.476 e. The lowest BCUT2D eigenvalue weighted by Gasteiger charge is -2.47. The van der Waals surface area contributed by atoms with E-state index in [1.54, 1.807) is 25.2 Å². The summed E-state index contributed by atoms with van der Waals surface area (Å²) in [6, 6.07) is 3.87. The number of carbonyl (C=O) groups is 2. The molecule has 1 unspecified atom stereocenters. The van der Waals surface area contributed by atoms with E-state index in [0.29, 0.717) is 5.76 Å². The molecule has 6 heteroatoms. The first-order valence-corrected chi connectivity index (χ1v) is 7.59. The monoisotopic (exact) mass is 307 g/mol. The Morgan fingerprint density at radius 1 is 1.48 bits per heavy atom. The van der Waals surface area contributed by atoms with Crippen LogP contribution in [0.5, 0.6) is 0 Å². The first-order valence-electron chi connectivity index (χ1n) is 6.71. The lowest BCUT2D eigenvalue weighted by atomic mass is 9.80. The van der Waals surface area contributed by atoms with Crippen molar-refractivity contribution >= 4 is 23.2 Å². The number of carboxylic acids is 1. The van der Waals surface area contributed by atoms with E-state index in [0.717, 1.165) is 4.88 Å². The number of ether oxygens (including phenoxy) is 1. The van der Waals surface area contributed by atoms with E-state index in [9.17, 15) is 14.7 Å². The van der Waals surface area contributed by atoms with Crippen molar-refractivity contribution < 1.29 is 19.4 Å². The summed E-state index contributed by atoms with van der Waals surface area (Å²) in [5.41, 5.74) is -1.30. The van der Waals surface area contributed by atoms with Crippen LogP contribution >= 0.6 is 11.3 Å². The molecule has 1 amide bonds. The highest BCUT2D eigenvalue weighted by atomic mass is 32.1. The molecule has 1 aromatic rings. The fourth-order valence-corrected chi connectivity index (χ4v) is 3.71. The van der Waals surface area contributed by atoms with E-state index in [4.69, 9.17) is 4.74 Å². The molecule has 5 nitrogen and oxygen atoms in total. The van der Waals surface area contributed by atoms with E-state index in [2.05, 4.69) is 0 Å². The summed E-state index contributed by atoms with van der Waals surface area (Å²) in [6.07, 6.45) is -0.523. The van der Waals surface area contributed by atoms with Crippen molar-refractivity contribution in [2.45, 2.75) is 39.3 Å². The predicted octanol–water partition coefficient (Wildman–Crippen LogP) is 2.55. The largest absolute Gasteiger partial charge is 0.476 e. The van der Waals surface area contributed by atoms with Gasteiger partial charge in [-0.3, -0.25) is 9.69 Å². The van der Waals surface area contributed by atoms with Crippen LogP contribution in [0, 0.1) is 5.41 Å². The summed E-state index contributed by atoms with van der Waals surface area (Å²) in [6.45, 7) is 7.38. The zero-order valence-corrected chi connectivity index (χ0v) is 13.2. The number of aliphatic carboxylic acids is 1. The standard InChI is InChI=1S/C15H17NO4S/c1-14(2,8-6-5-7-21-8)10-9(11(17)18)16-12(19)15(3,4)13(16)20-10/h5-7,13H,1-4H3,(H,17,18). The Hall–Kier alpha value is -1.82. The van der Waals surface area contributed by atoms with Crippen LogP contribution in [0.25, 0.3) is 0 Å². The molecule has 0 saturated carbocycles. The number of hydrogen-bond donors (Lipinski definition) is 1. The van der Waals surface area contributed by atoms with Crippen LogP contribution in [0.1, 0.15) is 32.6 Å². The third-order valence-electron chi connectivity index (χ3n) is 4.21. The number of nitrogens with zero attached hydrogens (tertiary/aromatic N) is 1. The third-order valence-corrected chi connectivity index (χ3v) is 5.41. The third kappa shape index (κ3) is 1.68. The van der Waals surface area contributed by atoms with Gasteiger partial charge in [-0.15, -0.1) is 11.3 Å². The smallest absolute Gasteiger partial charge is 0.356 e. The van der Waals surface area contributed by atoms with E-state index < -0.39 is 23.0 Å². The van der Waals surface area contributed by atoms with Crippen LogP contribution in [-0.2, 0) is 19.7 Å². The fourth-order valence-electron chi connectivity index (χ4n) is 2.86. The molecule has 3 rings (SSSR count). The van der Waals surface area contributed by atoms with Crippen molar-refractivity contribution in [1.82, 2.24) is 4.90 Å². The van der Waals surface area contributed by atoms with Gasteiger partial charge in [0.2, 0.25) is 5.91 Å². The highest BCUT2D eigenvalue weighted by molar-refractivity contribution is 7.10. The minimum absolute atomic E-state index is 0.0253. The molecule has 0 aromatic carbocycles. The molecule has 2 aliphatic heterocycles. The van der Waals surface area contributed by atoms with Gasteiger partial charge in [-0.05, 0) is 39.1 Å². The van der Waals surface area contributed by atoms with Gasteiger partial charge in [-0.1, -0.05) is 6.07 Å². The molecule has 3 heterocycles. The predicted molar refractivity (Wildman–Crippen MR) is 77.5 cm³/mol. The molecule has 1 atom stereocenters. The molecule has 1 aromatic heterocycles. The van der Waals surface area contributed by atoms with Crippen LogP contribution in [-0.4, -0.2) is 28.1 Å². The number of hydrogen-bond acceptors (Lipinski definition) is 4. The number of β-lactam (4-membered cyclic amide) rings is 1. The Morgan fingerprint density at radius 2 is 2.14 bits per heavy atom. The number of thiophene rings is 1. The van der Waals surface area contributed by atoms with Crippen LogP contribution in [0.15, 0.2) is 29.0 Å². The van der Waals surface area contributed by atoms with Gasteiger partial charge >= 0.3 is 5.97 Å². The van der Waals surface area contributed by atoms with Gasteiger partial charge in [0, 0.05) is 4.88 Å². The molecule has 1 saturated heterocycles. The summed E-state index contributed by atoms with van der Waals surface area (Å²) in [5.74, 6) is -0.968. The van der Waals surface area contributed by atoms with Crippen molar-refractivity contribution in [2.75, 3.05) is 0 Å². The zero-order chi connectivity index (χ0) is 15.6. The Labute approximate surface area is 126 Å². The molecular weight excluding hydrogens is 290 g/mol. The second kappa shape index (κ2) is 4.10. The number of fused-ring (bicyclic) bond motifs is 1. The van der Waals surface area contributed by atoms with Gasteiger partial charge in [0.05, 0.1) is 5.41 Å². The van der Waals surface area contributed by atoms with E-state index in [1.165, 1.54) is 4.90 Å². The highest BCUT2D eigenvalue weighted by Gasteiger charge is 2.64. The Bertz CT molecular complexity index is 657. The number of amides is 1. The number of carbonyl (C=O) groups excluding carboxylic acids is 1. The van der Waals surface area contributed by atoms with Crippen LogP contribution in [0.2, 0.25) is 0 Å². The average Bonchev–Trinajstić information content (AvgIpc) is 3.05. The highest BCUT2D eigenvalue weighted by Crippen LogP contribution is 2.52. The maximum Gasteiger partial charge on any atom is 0.356 e. The topological polar surface area (TPSA) is 66.8 Å². The van der Waals surface area contributed by atoms with Gasteiger partial charge in [0.1, 0.15) is 11.2 Å². The number of carboxylic acid groups (broad SMARTS) is 1. The maximum absolute atomic E-state index is 12.2. The second-order valence-corrected chi connectivity index (χ2v) is 7.40. The summed E-state index contributed by atoms with van der Waals surface area (Å²) in [7, 11) is 0. The van der Waals surface area contributed by atoms with Gasteiger partial charge in [-0.2, -0.15) is 0 Å². The van der Waals surface area contributed by atoms with Crippen molar-refractivity contribution in [3.05, 3.63) is 33.8 Å². The number of allylic oxidation sites excluding steroid dienone is 1. The van der Waals surface area contributed by atoms with Crippen molar-refractivity contribution in [3.8, 4) is 0 Å². The quantitative estimate of drug-likeness (QED) is 0.872. The Morgan fingerprint density at radius 3 is 2.67 bits per heavy atom. The number of rotatable bonds is 3. The van der Waals surface area contributed by atoms with Crippen molar-refractivity contribution in [3.63, 3.8) is 0 Å². The van der Waals surface area contributed by atoms with Crippen molar-refractivity contribution in [1.29, 1.82) is 0 Å². The fraction of sp³-hybridized carbons (Fsp3) is 0.467. The molecule has 0 bridgehead atoms. The molecule has 1 fully saturated rings. The first kappa shape index (κ1) is 14.1. The Kier molecular flexibility index (Phi) is 2.76. The van der Waals surface area contributed by atoms with Crippen molar-refractivity contribution in [2.24, 2.45) is 5.41 Å². The molecule has 1 N–H and O–H groups in total. The van der Waals surface area contributed by atoms with E-state index in [-0.39, 0.29) is 11.6 Å². The van der Waals surface area contributed by atoms with Gasteiger partial charge < -0.3 is 9.84 Å². The summed E-state index contributed by atoms with van der Waals surface area (Å²) in [4.78, 5) is 26.1. The molecule has 0 radical (unpaired) electrons. The van der Waals surface area contributed by atoms with Gasteiger partial charge in [0.15, 0.2) is 11.9 Å². The maximum atomic E-state index is 12.2. The van der Waals surface area contributed by atoms with Crippen LogP contribution < -0.4 is 0 Å². The summed E-state index contributed by atoms with van der Waals surface area (Å²) < 4.78 is 5.92. The molecular formula is C15H17NO4S. The van der Waals surface area contributed by atoms with E-state index in [1.807, 2.05) is 31.4 Å². The lowest BCUT2D eigenvalue weighted by Crippen LogP contribution is -2.64. The molecule has 2 aliphatic rings. The van der Waals surface area contributed by atoms with Gasteiger partial charge in [-0.25, -0.2) is 4.79 Å². The minimum atomic E-state index is -1.12. The summed E-state index contributed by atoms with van der Waals surface area (Å²) >= 11 is 1.54. The molecule has 0 aliphatic carbocycles.